The zero-order valence-electron chi connectivity index (χ0n) is 10.0. The number of hydrogen-bond donors (Lipinski definition) is 1. The summed E-state index contributed by atoms with van der Waals surface area (Å²) in [6.45, 7) is 0.842. The Balaban J connectivity index is 0.00000144. The average Bonchev–Trinajstić information content (AvgIpc) is 2.79. The number of hydrogen-bond acceptors (Lipinski definition) is 2. The Hall–Kier alpha value is -0.440. The largest absolute Gasteiger partial charge is 1.00 e. The Bertz CT molecular complexity index is 351. The summed E-state index contributed by atoms with van der Waals surface area (Å²) in [5, 5.41) is 4.33. The first-order valence-corrected chi connectivity index (χ1v) is 6.23. The van der Waals surface area contributed by atoms with E-state index in [0.29, 0.717) is 6.04 Å². The van der Waals surface area contributed by atoms with Gasteiger partial charge in [0.15, 0.2) is 0 Å². The van der Waals surface area contributed by atoms with Crippen LogP contribution >= 0.6 is 11.6 Å². The number of rotatable bonds is 4. The van der Waals surface area contributed by atoms with Crippen molar-refractivity contribution >= 4 is 11.6 Å². The van der Waals surface area contributed by atoms with Crippen molar-refractivity contribution in [2.75, 3.05) is 7.11 Å². The van der Waals surface area contributed by atoms with Crippen molar-refractivity contribution < 1.29 is 17.1 Å². The van der Waals surface area contributed by atoms with Crippen LogP contribution in [0, 0.1) is 0 Å². The highest BCUT2D eigenvalue weighted by Crippen LogP contribution is 2.24. The van der Waals surface area contributed by atoms with E-state index in [4.69, 9.17) is 16.3 Å². The predicted octanol–water partition coefficient (Wildman–Crippen LogP) is 0.385. The van der Waals surface area contributed by atoms with Gasteiger partial charge in [0, 0.05) is 23.2 Å². The maximum Gasteiger partial charge on any atom is 0.123 e. The third kappa shape index (κ3) is 4.06. The first-order valence-electron chi connectivity index (χ1n) is 5.85. The van der Waals surface area contributed by atoms with Gasteiger partial charge >= 0.3 is 0 Å². The molecule has 0 unspecified atom stereocenters. The topological polar surface area (TPSA) is 21.3 Å². The van der Waals surface area contributed by atoms with E-state index in [1.54, 1.807) is 7.11 Å². The Morgan fingerprint density at radius 2 is 2.06 bits per heavy atom. The fourth-order valence-electron chi connectivity index (χ4n) is 2.27. The first kappa shape index (κ1) is 14.6. The van der Waals surface area contributed by atoms with Crippen molar-refractivity contribution in [1.29, 1.82) is 0 Å². The van der Waals surface area contributed by atoms with E-state index < -0.39 is 0 Å². The monoisotopic (exact) mass is 274 g/mol. The van der Waals surface area contributed by atoms with Crippen molar-refractivity contribution in [1.82, 2.24) is 5.32 Å². The van der Waals surface area contributed by atoms with Gasteiger partial charge in [-0.25, -0.2) is 0 Å². The maximum absolute atomic E-state index is 5.99. The van der Waals surface area contributed by atoms with E-state index in [-0.39, 0.29) is 12.4 Å². The van der Waals surface area contributed by atoms with Crippen molar-refractivity contribution in [2.45, 2.75) is 38.3 Å². The molecule has 0 spiro atoms. The van der Waals surface area contributed by atoms with Gasteiger partial charge in [0.05, 0.1) is 7.11 Å². The van der Waals surface area contributed by atoms with E-state index in [9.17, 15) is 0 Å². The zero-order valence-corrected chi connectivity index (χ0v) is 11.5. The minimum Gasteiger partial charge on any atom is -1.00 e. The van der Waals surface area contributed by atoms with Crippen LogP contribution in [0.3, 0.4) is 0 Å². The molecule has 0 atom stereocenters. The van der Waals surface area contributed by atoms with Gasteiger partial charge in [-0.3, -0.25) is 0 Å². The number of ether oxygens (including phenoxy) is 1. The van der Waals surface area contributed by atoms with E-state index in [1.807, 2.05) is 18.2 Å². The first-order chi connectivity index (χ1) is 7.79. The van der Waals surface area contributed by atoms with E-state index in [2.05, 4.69) is 5.32 Å². The van der Waals surface area contributed by atoms with Gasteiger partial charge in [0.1, 0.15) is 5.75 Å². The van der Waals surface area contributed by atoms with E-state index in [0.717, 1.165) is 22.9 Å². The lowest BCUT2D eigenvalue weighted by Gasteiger charge is -2.14. The Labute approximate surface area is 114 Å². The van der Waals surface area contributed by atoms with Gasteiger partial charge < -0.3 is 22.5 Å². The molecule has 0 bridgehead atoms. The molecule has 1 fully saturated rings. The SMILES string of the molecule is COc1ccc(Cl)cc1CNC1CCCC1.[Cl-]. The molecule has 0 saturated heterocycles. The van der Waals surface area contributed by atoms with Crippen LogP contribution in [0.1, 0.15) is 31.2 Å². The normalized spacial score (nSPS) is 15.6. The molecule has 2 nitrogen and oxygen atoms in total. The molecule has 0 amide bonds. The Morgan fingerprint density at radius 1 is 1.35 bits per heavy atom. The number of benzene rings is 1. The van der Waals surface area contributed by atoms with Crippen LogP contribution in [-0.4, -0.2) is 13.2 Å². The minimum absolute atomic E-state index is 0. The summed E-state index contributed by atoms with van der Waals surface area (Å²) >= 11 is 5.99. The molecule has 4 heteroatoms. The van der Waals surface area contributed by atoms with Crippen LogP contribution in [0.25, 0.3) is 0 Å². The maximum atomic E-state index is 5.99. The summed E-state index contributed by atoms with van der Waals surface area (Å²) in [6, 6.07) is 6.43. The zero-order chi connectivity index (χ0) is 11.4. The molecule has 1 N–H and O–H groups in total. The summed E-state index contributed by atoms with van der Waals surface area (Å²) < 4.78 is 5.32. The molecule has 17 heavy (non-hydrogen) atoms. The lowest BCUT2D eigenvalue weighted by atomic mass is 10.1. The van der Waals surface area contributed by atoms with Gasteiger partial charge in [-0.05, 0) is 31.0 Å². The molecule has 1 saturated carbocycles. The molecule has 0 heterocycles. The molecule has 96 valence electrons. The predicted molar refractivity (Wildman–Crippen MR) is 67.1 cm³/mol. The van der Waals surface area contributed by atoms with Crippen molar-refractivity contribution in [3.63, 3.8) is 0 Å². The van der Waals surface area contributed by atoms with Gasteiger partial charge in [-0.1, -0.05) is 24.4 Å². The van der Waals surface area contributed by atoms with Crippen molar-refractivity contribution in [2.24, 2.45) is 0 Å². The fourth-order valence-corrected chi connectivity index (χ4v) is 2.46. The van der Waals surface area contributed by atoms with Crippen LogP contribution < -0.4 is 22.5 Å². The van der Waals surface area contributed by atoms with Crippen LogP contribution in [0.15, 0.2) is 18.2 Å². The Kier molecular flexibility index (Phi) is 6.10. The van der Waals surface area contributed by atoms with E-state index in [1.165, 1.54) is 25.7 Å². The molecule has 1 aromatic rings. The molecular weight excluding hydrogens is 257 g/mol. The average molecular weight is 275 g/mol. The minimum atomic E-state index is 0. The summed E-state index contributed by atoms with van der Waals surface area (Å²) in [5.41, 5.74) is 1.14. The van der Waals surface area contributed by atoms with Crippen LogP contribution in [0.4, 0.5) is 0 Å². The highest BCUT2D eigenvalue weighted by Gasteiger charge is 2.14. The van der Waals surface area contributed by atoms with Gasteiger partial charge in [-0.15, -0.1) is 0 Å². The second kappa shape index (κ2) is 7.10. The third-order valence-electron chi connectivity index (χ3n) is 3.18. The summed E-state index contributed by atoms with van der Waals surface area (Å²) in [5.74, 6) is 0.912. The van der Waals surface area contributed by atoms with Crippen molar-refractivity contribution in [3.8, 4) is 5.75 Å². The highest BCUT2D eigenvalue weighted by atomic mass is 35.5. The molecular formula is C13H18Cl2NO-. The molecule has 1 aliphatic rings. The molecule has 0 aromatic heterocycles. The van der Waals surface area contributed by atoms with Crippen LogP contribution in [0.5, 0.6) is 5.75 Å². The van der Waals surface area contributed by atoms with Crippen molar-refractivity contribution in [3.05, 3.63) is 28.8 Å². The lowest BCUT2D eigenvalue weighted by molar-refractivity contribution is -0.00000359. The number of nitrogens with one attached hydrogen (secondary N) is 1. The molecule has 1 aromatic carbocycles. The fraction of sp³-hybridized carbons (Fsp3) is 0.538. The number of halogens is 2. The third-order valence-corrected chi connectivity index (χ3v) is 3.41. The molecule has 2 rings (SSSR count). The highest BCUT2D eigenvalue weighted by molar-refractivity contribution is 6.30. The van der Waals surface area contributed by atoms with Gasteiger partial charge in [-0.2, -0.15) is 0 Å². The number of methoxy groups -OCH3 is 1. The second-order valence-electron chi connectivity index (χ2n) is 4.32. The summed E-state index contributed by atoms with van der Waals surface area (Å²) in [7, 11) is 1.70. The standard InChI is InChI=1S/C13H18ClNO.ClH/c1-16-13-7-6-11(14)8-10(13)9-15-12-4-2-3-5-12;/h6-8,12,15H,2-5,9H2,1H3;1H/p-1. The molecule has 0 aliphatic heterocycles. The smallest absolute Gasteiger partial charge is 0.123 e. The van der Waals surface area contributed by atoms with Gasteiger partial charge in [0.2, 0.25) is 0 Å². The Morgan fingerprint density at radius 3 is 2.71 bits per heavy atom. The quantitative estimate of drug-likeness (QED) is 0.858. The van der Waals surface area contributed by atoms with E-state index >= 15 is 0 Å². The summed E-state index contributed by atoms with van der Waals surface area (Å²) in [6.07, 6.45) is 5.29. The summed E-state index contributed by atoms with van der Waals surface area (Å²) in [4.78, 5) is 0. The van der Waals surface area contributed by atoms with Gasteiger partial charge in [0.25, 0.3) is 0 Å². The van der Waals surface area contributed by atoms with Crippen LogP contribution in [0.2, 0.25) is 5.02 Å². The lowest BCUT2D eigenvalue weighted by Crippen LogP contribution is -3.00. The van der Waals surface area contributed by atoms with Crippen LogP contribution in [-0.2, 0) is 6.54 Å². The second-order valence-corrected chi connectivity index (χ2v) is 4.75. The molecule has 1 aliphatic carbocycles. The molecule has 0 radical (unpaired) electrons.